The van der Waals surface area contributed by atoms with E-state index in [1.165, 1.54) is 5.56 Å². The largest absolute Gasteiger partial charge is 0.350 e. The van der Waals surface area contributed by atoms with Crippen LogP contribution in [0.2, 0.25) is 0 Å². The second-order valence-corrected chi connectivity index (χ2v) is 4.94. The first-order valence-corrected chi connectivity index (χ1v) is 6.45. The molecule has 1 N–H and O–H groups in total. The minimum absolute atomic E-state index is 0.0289. The molecule has 0 aliphatic rings. The normalized spacial score (nSPS) is 12.5. The lowest BCUT2D eigenvalue weighted by molar-refractivity contribution is 0.0938. The number of hydrogen-bond acceptors (Lipinski definition) is 1. The molecule has 0 saturated heterocycles. The van der Waals surface area contributed by atoms with E-state index in [0.717, 1.165) is 18.4 Å². The van der Waals surface area contributed by atoms with Crippen molar-refractivity contribution in [3.05, 3.63) is 35.4 Å². The van der Waals surface area contributed by atoms with Crippen molar-refractivity contribution in [2.24, 2.45) is 0 Å². The van der Waals surface area contributed by atoms with Crippen molar-refractivity contribution in [3.63, 3.8) is 0 Å². The van der Waals surface area contributed by atoms with Gasteiger partial charge in [-0.3, -0.25) is 4.79 Å². The molecule has 0 heterocycles. The average Bonchev–Trinajstić information content (AvgIpc) is 2.29. The van der Waals surface area contributed by atoms with Gasteiger partial charge < -0.3 is 5.32 Å². The van der Waals surface area contributed by atoms with E-state index in [-0.39, 0.29) is 11.9 Å². The number of nitrogens with one attached hydrogen (secondary N) is 1. The second kappa shape index (κ2) is 6.43. The monoisotopic (exact) mass is 233 g/mol. The first kappa shape index (κ1) is 13.8. The Bertz CT molecular complexity index is 354. The summed E-state index contributed by atoms with van der Waals surface area (Å²) in [6.07, 6.45) is 2.11. The molecule has 1 atom stereocenters. The quantitative estimate of drug-likeness (QED) is 0.825. The molecule has 1 unspecified atom stereocenters. The third-order valence-electron chi connectivity index (χ3n) is 2.94. The lowest BCUT2D eigenvalue weighted by Gasteiger charge is -2.13. The van der Waals surface area contributed by atoms with Crippen LogP contribution >= 0.6 is 0 Å². The van der Waals surface area contributed by atoms with E-state index in [1.54, 1.807) is 0 Å². The molecular weight excluding hydrogens is 210 g/mol. The fourth-order valence-electron chi connectivity index (χ4n) is 1.83. The van der Waals surface area contributed by atoms with Gasteiger partial charge in [0.05, 0.1) is 0 Å². The average molecular weight is 233 g/mol. The number of benzene rings is 1. The number of carbonyl (C=O) groups is 1. The van der Waals surface area contributed by atoms with Gasteiger partial charge in [-0.25, -0.2) is 0 Å². The highest BCUT2D eigenvalue weighted by Crippen LogP contribution is 2.14. The lowest BCUT2D eigenvalue weighted by Crippen LogP contribution is -2.32. The molecular formula is C15H23NO. The minimum atomic E-state index is 0.0289. The van der Waals surface area contributed by atoms with Crippen LogP contribution < -0.4 is 5.32 Å². The zero-order chi connectivity index (χ0) is 12.8. The Labute approximate surface area is 104 Å². The van der Waals surface area contributed by atoms with E-state index >= 15 is 0 Å². The third-order valence-corrected chi connectivity index (χ3v) is 2.94. The topological polar surface area (TPSA) is 29.1 Å². The van der Waals surface area contributed by atoms with Crippen molar-refractivity contribution in [1.29, 1.82) is 0 Å². The van der Waals surface area contributed by atoms with Gasteiger partial charge in [0.25, 0.3) is 5.91 Å². The Hall–Kier alpha value is -1.31. The maximum absolute atomic E-state index is 11.9. The molecule has 0 aromatic heterocycles. The van der Waals surface area contributed by atoms with Crippen LogP contribution in [0.1, 0.15) is 62.4 Å². The second-order valence-electron chi connectivity index (χ2n) is 4.94. The van der Waals surface area contributed by atoms with E-state index in [1.807, 2.05) is 31.2 Å². The molecule has 1 amide bonds. The molecule has 2 nitrogen and oxygen atoms in total. The van der Waals surface area contributed by atoms with Crippen LogP contribution in [0, 0.1) is 0 Å². The first-order valence-electron chi connectivity index (χ1n) is 6.45. The molecule has 2 heteroatoms. The third kappa shape index (κ3) is 4.22. The van der Waals surface area contributed by atoms with Crippen molar-refractivity contribution in [2.75, 3.05) is 0 Å². The zero-order valence-corrected chi connectivity index (χ0v) is 11.3. The van der Waals surface area contributed by atoms with Gasteiger partial charge in [0.1, 0.15) is 0 Å². The van der Waals surface area contributed by atoms with Gasteiger partial charge in [-0.1, -0.05) is 39.3 Å². The van der Waals surface area contributed by atoms with Crippen LogP contribution in [0.5, 0.6) is 0 Å². The molecule has 94 valence electrons. The number of carbonyl (C=O) groups excluding carboxylic acids is 1. The smallest absolute Gasteiger partial charge is 0.251 e. The van der Waals surface area contributed by atoms with Crippen LogP contribution in [-0.4, -0.2) is 11.9 Å². The van der Waals surface area contributed by atoms with Crippen molar-refractivity contribution in [1.82, 2.24) is 5.32 Å². The Kier molecular flexibility index (Phi) is 5.20. The summed E-state index contributed by atoms with van der Waals surface area (Å²) in [6, 6.07) is 8.12. The van der Waals surface area contributed by atoms with Crippen LogP contribution in [0.25, 0.3) is 0 Å². The predicted molar refractivity (Wildman–Crippen MR) is 72.4 cm³/mol. The number of amides is 1. The summed E-state index contributed by atoms with van der Waals surface area (Å²) in [6.45, 7) is 8.47. The van der Waals surface area contributed by atoms with Crippen molar-refractivity contribution in [3.8, 4) is 0 Å². The molecule has 0 saturated carbocycles. The Morgan fingerprint density at radius 1 is 1.18 bits per heavy atom. The fourth-order valence-corrected chi connectivity index (χ4v) is 1.83. The molecule has 0 fully saturated rings. The van der Waals surface area contributed by atoms with E-state index in [0.29, 0.717) is 5.92 Å². The summed E-state index contributed by atoms with van der Waals surface area (Å²) in [5.41, 5.74) is 2.01. The van der Waals surface area contributed by atoms with Gasteiger partial charge in [-0.2, -0.15) is 0 Å². The van der Waals surface area contributed by atoms with Gasteiger partial charge in [0.2, 0.25) is 0 Å². The summed E-state index contributed by atoms with van der Waals surface area (Å²) in [5, 5.41) is 3.01. The van der Waals surface area contributed by atoms with Gasteiger partial charge in [-0.05, 0) is 37.0 Å². The Morgan fingerprint density at radius 2 is 1.76 bits per heavy atom. The summed E-state index contributed by atoms with van der Waals surface area (Å²) in [4.78, 5) is 11.9. The summed E-state index contributed by atoms with van der Waals surface area (Å²) in [5.74, 6) is 0.535. The van der Waals surface area contributed by atoms with Gasteiger partial charge in [0, 0.05) is 11.6 Å². The van der Waals surface area contributed by atoms with Crippen LogP contribution in [0.15, 0.2) is 24.3 Å². The summed E-state index contributed by atoms with van der Waals surface area (Å²) >= 11 is 0. The maximum Gasteiger partial charge on any atom is 0.251 e. The molecule has 0 spiro atoms. The zero-order valence-electron chi connectivity index (χ0n) is 11.3. The summed E-state index contributed by atoms with van der Waals surface area (Å²) in [7, 11) is 0. The molecule has 0 radical (unpaired) electrons. The highest BCUT2D eigenvalue weighted by molar-refractivity contribution is 5.94. The lowest BCUT2D eigenvalue weighted by atomic mass is 10.0. The molecule has 1 aromatic rings. The molecule has 1 aromatic carbocycles. The van der Waals surface area contributed by atoms with Gasteiger partial charge in [0.15, 0.2) is 0 Å². The molecule has 1 rings (SSSR count). The van der Waals surface area contributed by atoms with E-state index in [2.05, 4.69) is 26.1 Å². The van der Waals surface area contributed by atoms with Crippen LogP contribution in [0.4, 0.5) is 0 Å². The standard InChI is InChI=1S/C15H23NO/c1-5-6-12(4)16-15(17)14-9-7-13(8-10-14)11(2)3/h7-12H,5-6H2,1-4H3,(H,16,17). The predicted octanol–water partition coefficient (Wildman–Crippen LogP) is 3.73. The molecule has 17 heavy (non-hydrogen) atoms. The van der Waals surface area contributed by atoms with E-state index in [4.69, 9.17) is 0 Å². The first-order chi connectivity index (χ1) is 8.04. The number of hydrogen-bond donors (Lipinski definition) is 1. The highest BCUT2D eigenvalue weighted by Gasteiger charge is 2.09. The van der Waals surface area contributed by atoms with Gasteiger partial charge >= 0.3 is 0 Å². The van der Waals surface area contributed by atoms with E-state index in [9.17, 15) is 4.79 Å². The Balaban J connectivity index is 2.63. The molecule has 0 aliphatic carbocycles. The van der Waals surface area contributed by atoms with Crippen molar-refractivity contribution in [2.45, 2.75) is 52.5 Å². The molecule has 0 aliphatic heterocycles. The van der Waals surface area contributed by atoms with Crippen LogP contribution in [0.3, 0.4) is 0 Å². The van der Waals surface area contributed by atoms with E-state index < -0.39 is 0 Å². The SMILES string of the molecule is CCCC(C)NC(=O)c1ccc(C(C)C)cc1. The fraction of sp³-hybridized carbons (Fsp3) is 0.533. The molecule has 0 bridgehead atoms. The van der Waals surface area contributed by atoms with Crippen molar-refractivity contribution >= 4 is 5.91 Å². The summed E-state index contributed by atoms with van der Waals surface area (Å²) < 4.78 is 0. The minimum Gasteiger partial charge on any atom is -0.350 e. The Morgan fingerprint density at radius 3 is 2.24 bits per heavy atom. The van der Waals surface area contributed by atoms with Crippen LogP contribution in [-0.2, 0) is 0 Å². The van der Waals surface area contributed by atoms with Crippen molar-refractivity contribution < 1.29 is 4.79 Å². The number of rotatable bonds is 5. The van der Waals surface area contributed by atoms with Gasteiger partial charge in [-0.15, -0.1) is 0 Å². The maximum atomic E-state index is 11.9. The highest BCUT2D eigenvalue weighted by atomic mass is 16.1.